The van der Waals surface area contributed by atoms with Crippen LogP contribution in [0, 0.1) is 0 Å². The van der Waals surface area contributed by atoms with Gasteiger partial charge >= 0.3 is 11.9 Å². The molecule has 2 aromatic rings. The van der Waals surface area contributed by atoms with E-state index in [0.29, 0.717) is 65.2 Å². The molecule has 0 bridgehead atoms. The molecule has 0 aliphatic rings. The van der Waals surface area contributed by atoms with Crippen molar-refractivity contribution in [2.24, 2.45) is 5.73 Å². The molecule has 0 saturated heterocycles. The standard InChI is InChI=1S/C35H53N7O8/c1-3-40(17-18-42(26-34(47)48)20-19-41(25-33(45)46)16-15-39(2)21-22-43)24-32(44)37-23-29-9-11-30(12-10-29)27-50-38-35(49)31(36)14-13-28-7-5-4-6-8-28/h4-12,22,31H,3,13-21,23-27,36H2,1-2H3,(H,37,44)(H,38,49)(H,45,46)(H,47,48)/t31-/m1/s1. The van der Waals surface area contributed by atoms with Crippen LogP contribution in [0.2, 0.25) is 0 Å². The van der Waals surface area contributed by atoms with Gasteiger partial charge in [-0.15, -0.1) is 0 Å². The van der Waals surface area contributed by atoms with Crippen molar-refractivity contribution in [2.45, 2.75) is 39.0 Å². The number of rotatable bonds is 27. The number of carboxylic acids is 2. The third kappa shape index (κ3) is 18.5. The molecule has 2 aromatic carbocycles. The quantitative estimate of drug-likeness (QED) is 0.0620. The largest absolute Gasteiger partial charge is 0.480 e. The molecule has 276 valence electrons. The Labute approximate surface area is 294 Å². The normalized spacial score (nSPS) is 12.0. The molecule has 0 aliphatic carbocycles. The molecular formula is C35H53N7O8. The van der Waals surface area contributed by atoms with E-state index in [1.807, 2.05) is 66.4 Å². The molecule has 0 saturated carbocycles. The Bertz CT molecular complexity index is 1320. The molecule has 0 aromatic heterocycles. The highest BCUT2D eigenvalue weighted by atomic mass is 16.6. The average Bonchev–Trinajstić information content (AvgIpc) is 3.09. The minimum absolute atomic E-state index is 0.130. The summed E-state index contributed by atoms with van der Waals surface area (Å²) in [6.07, 6.45) is 1.97. The van der Waals surface area contributed by atoms with Crippen molar-refractivity contribution in [3.63, 3.8) is 0 Å². The summed E-state index contributed by atoms with van der Waals surface area (Å²) in [5, 5.41) is 21.6. The Hall–Kier alpha value is -4.25. The fraction of sp³-hybridized carbons (Fsp3) is 0.514. The lowest BCUT2D eigenvalue weighted by atomic mass is 10.1. The second kappa shape index (κ2) is 24.0. The van der Waals surface area contributed by atoms with Gasteiger partial charge in [-0.3, -0.25) is 43.6 Å². The molecule has 15 nitrogen and oxygen atoms in total. The maximum absolute atomic E-state index is 12.7. The number of carbonyl (C=O) groups is 5. The maximum atomic E-state index is 12.7. The molecule has 6 N–H and O–H groups in total. The van der Waals surface area contributed by atoms with Crippen LogP contribution in [0.15, 0.2) is 54.6 Å². The molecule has 0 unspecified atom stereocenters. The first-order chi connectivity index (χ1) is 24.0. The summed E-state index contributed by atoms with van der Waals surface area (Å²) in [5.41, 5.74) is 11.2. The number of aliphatic carboxylic acids is 2. The Kier molecular flexibility index (Phi) is 20.1. The summed E-state index contributed by atoms with van der Waals surface area (Å²) >= 11 is 0. The topological polar surface area (TPSA) is 198 Å². The summed E-state index contributed by atoms with van der Waals surface area (Å²) < 4.78 is 0. The van der Waals surface area contributed by atoms with Crippen molar-refractivity contribution in [3.05, 3.63) is 71.3 Å². The molecule has 50 heavy (non-hydrogen) atoms. The van der Waals surface area contributed by atoms with Gasteiger partial charge in [-0.05, 0) is 43.1 Å². The lowest BCUT2D eigenvalue weighted by molar-refractivity contribution is -0.140. The molecule has 2 amide bonds. The Morgan fingerprint density at radius 3 is 1.92 bits per heavy atom. The predicted molar refractivity (Wildman–Crippen MR) is 188 cm³/mol. The number of benzene rings is 2. The first-order valence-corrected chi connectivity index (χ1v) is 16.8. The molecule has 0 aliphatic heterocycles. The molecule has 0 heterocycles. The van der Waals surface area contributed by atoms with Gasteiger partial charge in [0.25, 0.3) is 5.91 Å². The van der Waals surface area contributed by atoms with E-state index in [4.69, 9.17) is 10.6 Å². The SMILES string of the molecule is CCN(CCN(CCN(CCN(C)CC=O)CC(=O)O)CC(=O)O)CC(=O)NCc1ccc(CONC(=O)[C@H](N)CCc2ccccc2)cc1. The Morgan fingerprint density at radius 2 is 1.36 bits per heavy atom. The molecule has 0 fully saturated rings. The van der Waals surface area contributed by atoms with E-state index in [1.165, 1.54) is 0 Å². The van der Waals surface area contributed by atoms with E-state index in [2.05, 4.69) is 10.8 Å². The summed E-state index contributed by atoms with van der Waals surface area (Å²) in [4.78, 5) is 71.1. The predicted octanol–water partition coefficient (Wildman–Crippen LogP) is 0.0365. The first kappa shape index (κ1) is 41.9. The van der Waals surface area contributed by atoms with Gasteiger partial charge in [-0.1, -0.05) is 61.5 Å². The average molecular weight is 700 g/mol. The van der Waals surface area contributed by atoms with Gasteiger partial charge in [0.05, 0.1) is 38.8 Å². The molecule has 0 spiro atoms. The lowest BCUT2D eigenvalue weighted by Gasteiger charge is -2.29. The smallest absolute Gasteiger partial charge is 0.317 e. The summed E-state index contributed by atoms with van der Waals surface area (Å²) in [6.45, 7) is 5.32. The van der Waals surface area contributed by atoms with Crippen molar-refractivity contribution >= 4 is 30.0 Å². The Morgan fingerprint density at radius 1 is 0.800 bits per heavy atom. The Balaban J connectivity index is 1.74. The van der Waals surface area contributed by atoms with Crippen LogP contribution in [-0.4, -0.2) is 145 Å². The minimum atomic E-state index is -0.998. The van der Waals surface area contributed by atoms with E-state index in [-0.39, 0.29) is 44.6 Å². The van der Waals surface area contributed by atoms with Crippen molar-refractivity contribution in [3.8, 4) is 0 Å². The first-order valence-electron chi connectivity index (χ1n) is 16.8. The van der Waals surface area contributed by atoms with E-state index < -0.39 is 18.0 Å². The van der Waals surface area contributed by atoms with Gasteiger partial charge in [0.15, 0.2) is 0 Å². The van der Waals surface area contributed by atoms with E-state index >= 15 is 0 Å². The van der Waals surface area contributed by atoms with Crippen LogP contribution in [0.3, 0.4) is 0 Å². The van der Waals surface area contributed by atoms with Crippen LogP contribution in [-0.2, 0) is 48.4 Å². The van der Waals surface area contributed by atoms with Crippen molar-refractivity contribution in [1.82, 2.24) is 30.4 Å². The van der Waals surface area contributed by atoms with Gasteiger partial charge in [0.1, 0.15) is 6.29 Å². The lowest BCUT2D eigenvalue weighted by Crippen LogP contribution is -2.45. The van der Waals surface area contributed by atoms with Crippen molar-refractivity contribution in [2.75, 3.05) is 79.0 Å². The number of nitrogens with one attached hydrogen (secondary N) is 2. The monoisotopic (exact) mass is 699 g/mol. The van der Waals surface area contributed by atoms with Gasteiger partial charge in [-0.25, -0.2) is 5.48 Å². The zero-order valence-electron chi connectivity index (χ0n) is 29.2. The summed E-state index contributed by atoms with van der Waals surface area (Å²) in [5.74, 6) is -2.55. The zero-order valence-corrected chi connectivity index (χ0v) is 29.2. The van der Waals surface area contributed by atoms with Crippen LogP contribution >= 0.6 is 0 Å². The third-order valence-electron chi connectivity index (χ3n) is 8.03. The molecule has 1 atom stereocenters. The second-order valence-electron chi connectivity index (χ2n) is 12.1. The number of aryl methyl sites for hydroxylation is 1. The molecular weight excluding hydrogens is 646 g/mol. The van der Waals surface area contributed by atoms with Crippen molar-refractivity contribution in [1.29, 1.82) is 0 Å². The van der Waals surface area contributed by atoms with Gasteiger partial charge in [-0.2, -0.15) is 0 Å². The van der Waals surface area contributed by atoms with Crippen LogP contribution in [0.5, 0.6) is 0 Å². The van der Waals surface area contributed by atoms with Gasteiger partial charge < -0.3 is 26.1 Å². The summed E-state index contributed by atoms with van der Waals surface area (Å²) in [6, 6.07) is 16.5. The number of hydroxylamine groups is 1. The number of hydrogen-bond donors (Lipinski definition) is 5. The van der Waals surface area contributed by atoms with Crippen LogP contribution in [0.1, 0.15) is 30.0 Å². The number of aldehydes is 1. The number of nitrogens with two attached hydrogens (primary N) is 1. The number of hydrogen-bond acceptors (Lipinski definition) is 11. The number of nitrogens with zero attached hydrogens (tertiary/aromatic N) is 4. The highest BCUT2D eigenvalue weighted by Crippen LogP contribution is 2.07. The van der Waals surface area contributed by atoms with Crippen LogP contribution in [0.25, 0.3) is 0 Å². The fourth-order valence-corrected chi connectivity index (χ4v) is 4.94. The molecule has 2 rings (SSSR count). The van der Waals surface area contributed by atoms with E-state index in [9.17, 15) is 34.2 Å². The second-order valence-corrected chi connectivity index (χ2v) is 12.1. The van der Waals surface area contributed by atoms with Gasteiger partial charge in [0, 0.05) is 45.8 Å². The number of amides is 2. The molecule has 0 radical (unpaired) electrons. The zero-order chi connectivity index (χ0) is 36.7. The maximum Gasteiger partial charge on any atom is 0.317 e. The van der Waals surface area contributed by atoms with E-state index in [1.54, 1.807) is 21.7 Å². The minimum Gasteiger partial charge on any atom is -0.480 e. The summed E-state index contributed by atoms with van der Waals surface area (Å²) in [7, 11) is 1.77. The number of carbonyl (C=O) groups excluding carboxylic acids is 3. The van der Waals surface area contributed by atoms with E-state index in [0.717, 1.165) is 23.0 Å². The fourth-order valence-electron chi connectivity index (χ4n) is 4.94. The number of carboxylic acid groups (broad SMARTS) is 2. The highest BCUT2D eigenvalue weighted by molar-refractivity contribution is 5.80. The van der Waals surface area contributed by atoms with Crippen LogP contribution in [0.4, 0.5) is 0 Å². The highest BCUT2D eigenvalue weighted by Gasteiger charge is 2.17. The van der Waals surface area contributed by atoms with Crippen LogP contribution < -0.4 is 16.5 Å². The third-order valence-corrected chi connectivity index (χ3v) is 8.03. The van der Waals surface area contributed by atoms with Crippen molar-refractivity contribution < 1.29 is 39.0 Å². The number of likely N-dealkylation sites (N-methyl/N-ethyl adjacent to an activating group) is 2. The molecule has 15 heteroatoms. The van der Waals surface area contributed by atoms with Gasteiger partial charge in [0.2, 0.25) is 5.91 Å².